The number of amides is 1. The zero-order valence-corrected chi connectivity index (χ0v) is 13.4. The average molecular weight is 304 g/mol. The highest BCUT2D eigenvalue weighted by atomic mass is 16.4. The van der Waals surface area contributed by atoms with Crippen LogP contribution in [0.2, 0.25) is 0 Å². The number of benzene rings is 1. The van der Waals surface area contributed by atoms with E-state index in [1.165, 1.54) is 37.7 Å². The Kier molecular flexibility index (Phi) is 6.72. The number of hydrogen-bond donors (Lipinski definition) is 3. The van der Waals surface area contributed by atoms with Crippen molar-refractivity contribution in [3.63, 3.8) is 0 Å². The molecule has 4 heteroatoms. The molecule has 1 unspecified atom stereocenters. The fourth-order valence-electron chi connectivity index (χ4n) is 3.39. The highest BCUT2D eigenvalue weighted by molar-refractivity contribution is 5.64. The van der Waals surface area contributed by atoms with Gasteiger partial charge in [-0.2, -0.15) is 0 Å². The fraction of sp³-hybridized carbons (Fsp3) is 0.611. The summed E-state index contributed by atoms with van der Waals surface area (Å²) in [7, 11) is 0. The van der Waals surface area contributed by atoms with E-state index in [2.05, 4.69) is 22.8 Å². The maximum absolute atomic E-state index is 10.9. The monoisotopic (exact) mass is 304 g/mol. The Labute approximate surface area is 133 Å². The molecule has 1 aromatic carbocycles. The molecule has 1 aliphatic carbocycles. The van der Waals surface area contributed by atoms with Gasteiger partial charge in [0.2, 0.25) is 0 Å². The van der Waals surface area contributed by atoms with E-state index in [1.807, 2.05) is 25.1 Å². The summed E-state index contributed by atoms with van der Waals surface area (Å²) in [4.78, 5) is 10.9. The van der Waals surface area contributed by atoms with Gasteiger partial charge in [0.1, 0.15) is 0 Å². The molecule has 1 amide bonds. The Morgan fingerprint density at radius 3 is 2.55 bits per heavy atom. The molecule has 1 saturated carbocycles. The fourth-order valence-corrected chi connectivity index (χ4v) is 3.39. The van der Waals surface area contributed by atoms with Gasteiger partial charge in [0, 0.05) is 18.6 Å². The molecule has 2 atom stereocenters. The quantitative estimate of drug-likeness (QED) is 0.718. The molecule has 2 rings (SSSR count). The lowest BCUT2D eigenvalue weighted by Gasteiger charge is -2.31. The molecule has 0 spiro atoms. The van der Waals surface area contributed by atoms with Crippen LogP contribution >= 0.6 is 0 Å². The summed E-state index contributed by atoms with van der Waals surface area (Å²) in [6, 6.07) is 10.4. The minimum Gasteiger partial charge on any atom is -0.465 e. The molecule has 0 saturated heterocycles. The van der Waals surface area contributed by atoms with Crippen LogP contribution in [0.25, 0.3) is 0 Å². The molecule has 0 aromatic heterocycles. The topological polar surface area (TPSA) is 61.4 Å². The molecular weight excluding hydrogens is 276 g/mol. The van der Waals surface area contributed by atoms with Gasteiger partial charge in [0.05, 0.1) is 0 Å². The van der Waals surface area contributed by atoms with Crippen LogP contribution in [0.3, 0.4) is 0 Å². The van der Waals surface area contributed by atoms with Crippen molar-refractivity contribution in [2.24, 2.45) is 5.92 Å². The van der Waals surface area contributed by atoms with Gasteiger partial charge < -0.3 is 15.7 Å². The summed E-state index contributed by atoms with van der Waals surface area (Å²) in [5.41, 5.74) is 1.23. The van der Waals surface area contributed by atoms with Crippen LogP contribution in [0.1, 0.15) is 51.0 Å². The smallest absolute Gasteiger partial charge is 0.404 e. The minimum atomic E-state index is -0.942. The van der Waals surface area contributed by atoms with E-state index in [1.54, 1.807) is 0 Å². The van der Waals surface area contributed by atoms with E-state index in [0.717, 1.165) is 18.9 Å². The predicted octanol–water partition coefficient (Wildman–Crippen LogP) is 3.77. The van der Waals surface area contributed by atoms with Gasteiger partial charge in [-0.05, 0) is 24.8 Å². The number of hydrogen-bond acceptors (Lipinski definition) is 2. The number of carboxylic acid groups (broad SMARTS) is 1. The van der Waals surface area contributed by atoms with Gasteiger partial charge in [0.15, 0.2) is 0 Å². The van der Waals surface area contributed by atoms with Crippen molar-refractivity contribution in [1.29, 1.82) is 0 Å². The van der Waals surface area contributed by atoms with Gasteiger partial charge in [-0.1, -0.05) is 62.4 Å². The molecule has 1 aromatic rings. The first-order valence-corrected chi connectivity index (χ1v) is 8.42. The van der Waals surface area contributed by atoms with E-state index in [4.69, 9.17) is 5.11 Å². The molecule has 4 nitrogen and oxygen atoms in total. The van der Waals surface area contributed by atoms with Crippen molar-refractivity contribution < 1.29 is 9.90 Å². The van der Waals surface area contributed by atoms with Crippen LogP contribution in [0.4, 0.5) is 4.79 Å². The summed E-state index contributed by atoms with van der Waals surface area (Å²) < 4.78 is 0. The number of nitrogens with one attached hydrogen (secondary N) is 2. The van der Waals surface area contributed by atoms with E-state index < -0.39 is 6.09 Å². The molecule has 3 N–H and O–H groups in total. The molecule has 1 fully saturated rings. The van der Waals surface area contributed by atoms with Gasteiger partial charge in [-0.25, -0.2) is 4.79 Å². The van der Waals surface area contributed by atoms with Crippen molar-refractivity contribution in [1.82, 2.24) is 10.6 Å². The Hall–Kier alpha value is -1.55. The largest absolute Gasteiger partial charge is 0.465 e. The lowest BCUT2D eigenvalue weighted by molar-refractivity contribution is 0.183. The molecule has 0 radical (unpaired) electrons. The van der Waals surface area contributed by atoms with Crippen molar-refractivity contribution in [2.45, 2.75) is 64.1 Å². The number of carbonyl (C=O) groups is 1. The molecule has 0 bridgehead atoms. The molecule has 1 aliphatic rings. The van der Waals surface area contributed by atoms with Crippen LogP contribution in [-0.2, 0) is 6.54 Å². The van der Waals surface area contributed by atoms with Crippen molar-refractivity contribution in [3.05, 3.63) is 35.9 Å². The van der Waals surface area contributed by atoms with E-state index >= 15 is 0 Å². The van der Waals surface area contributed by atoms with Gasteiger partial charge in [-0.15, -0.1) is 0 Å². The average Bonchev–Trinajstić information content (AvgIpc) is 2.52. The van der Waals surface area contributed by atoms with Crippen LogP contribution in [0, 0.1) is 5.92 Å². The normalized spacial score (nSPS) is 18.6. The highest BCUT2D eigenvalue weighted by Gasteiger charge is 2.24. The maximum Gasteiger partial charge on any atom is 0.404 e. The zero-order valence-electron chi connectivity index (χ0n) is 13.4. The summed E-state index contributed by atoms with van der Waals surface area (Å²) in [5.74, 6) is 0.722. The Morgan fingerprint density at radius 2 is 1.91 bits per heavy atom. The second-order valence-corrected chi connectivity index (χ2v) is 6.45. The minimum absolute atomic E-state index is 0.0804. The van der Waals surface area contributed by atoms with E-state index in [-0.39, 0.29) is 12.1 Å². The second kappa shape index (κ2) is 8.79. The second-order valence-electron chi connectivity index (χ2n) is 6.45. The number of rotatable bonds is 7. The summed E-state index contributed by atoms with van der Waals surface area (Å²) in [5, 5.41) is 15.2. The maximum atomic E-state index is 10.9. The van der Waals surface area contributed by atoms with Crippen LogP contribution in [0.5, 0.6) is 0 Å². The lowest BCUT2D eigenvalue weighted by atomic mass is 9.83. The first-order chi connectivity index (χ1) is 10.6. The molecular formula is C18H28N2O2. The molecule has 0 aliphatic heterocycles. The third kappa shape index (κ3) is 5.68. The van der Waals surface area contributed by atoms with Crippen LogP contribution < -0.4 is 10.6 Å². The Balaban J connectivity index is 1.92. The third-order valence-corrected chi connectivity index (χ3v) is 4.68. The summed E-state index contributed by atoms with van der Waals surface area (Å²) in [6.07, 6.45) is 6.65. The third-order valence-electron chi connectivity index (χ3n) is 4.68. The Bertz CT molecular complexity index is 444. The van der Waals surface area contributed by atoms with Crippen LogP contribution in [0.15, 0.2) is 30.3 Å². The first kappa shape index (κ1) is 16.8. The summed E-state index contributed by atoms with van der Waals surface area (Å²) >= 11 is 0. The highest BCUT2D eigenvalue weighted by Crippen LogP contribution is 2.28. The van der Waals surface area contributed by atoms with Crippen LogP contribution in [-0.4, -0.2) is 23.3 Å². The van der Waals surface area contributed by atoms with Gasteiger partial charge in [-0.3, -0.25) is 0 Å². The summed E-state index contributed by atoms with van der Waals surface area (Å²) in [6.45, 7) is 2.74. The first-order valence-electron chi connectivity index (χ1n) is 8.42. The zero-order chi connectivity index (χ0) is 15.8. The standard InChI is InChI=1S/C18H28N2O2/c1-14(20-18(21)22)17(12-15-8-4-2-5-9-15)19-13-16-10-6-3-7-11-16/h3,6-7,10-11,14-15,17,19-20H,2,4-5,8-9,12-13H2,1H3,(H,21,22)/t14?,17-/m0/s1. The van der Waals surface area contributed by atoms with E-state index in [9.17, 15) is 4.79 Å². The molecule has 122 valence electrons. The lowest BCUT2D eigenvalue weighted by Crippen LogP contribution is -2.48. The Morgan fingerprint density at radius 1 is 1.23 bits per heavy atom. The van der Waals surface area contributed by atoms with Crippen molar-refractivity contribution in [3.8, 4) is 0 Å². The molecule has 0 heterocycles. The van der Waals surface area contributed by atoms with Crippen molar-refractivity contribution in [2.75, 3.05) is 0 Å². The predicted molar refractivity (Wildman–Crippen MR) is 88.9 cm³/mol. The van der Waals surface area contributed by atoms with E-state index in [0.29, 0.717) is 0 Å². The van der Waals surface area contributed by atoms with Gasteiger partial charge in [0.25, 0.3) is 0 Å². The van der Waals surface area contributed by atoms with Crippen molar-refractivity contribution >= 4 is 6.09 Å². The van der Waals surface area contributed by atoms with Gasteiger partial charge >= 0.3 is 6.09 Å². The SMILES string of the molecule is CC(NC(=O)O)[C@H](CC1CCCCC1)NCc1ccccc1. The molecule has 22 heavy (non-hydrogen) atoms.